The average Bonchev–Trinajstić information content (AvgIpc) is 2.55. The van der Waals surface area contributed by atoms with Crippen molar-refractivity contribution in [1.82, 2.24) is 0 Å². The number of nitrogens with zero attached hydrogens (tertiary/aromatic N) is 2. The lowest BCUT2D eigenvalue weighted by Gasteiger charge is -2.31. The number of benzene rings is 2. The van der Waals surface area contributed by atoms with E-state index in [0.717, 1.165) is 18.5 Å². The molecule has 0 aliphatic heterocycles. The van der Waals surface area contributed by atoms with Crippen LogP contribution in [0.25, 0.3) is 0 Å². The van der Waals surface area contributed by atoms with Gasteiger partial charge in [0.05, 0.1) is 0 Å². The van der Waals surface area contributed by atoms with Gasteiger partial charge >= 0.3 is 0 Å². The first-order valence-electron chi connectivity index (χ1n) is 7.16. The number of carbonyl (C=O) groups excluding carboxylic acids is 1. The summed E-state index contributed by atoms with van der Waals surface area (Å²) in [7, 11) is 4.19. The summed E-state index contributed by atoms with van der Waals surface area (Å²) in [5.74, 6) is 0. The molecule has 0 fully saturated rings. The predicted octanol–water partition coefficient (Wildman–Crippen LogP) is 3.46. The Labute approximate surface area is 126 Å². The molecular weight excluding hydrogens is 260 g/mol. The van der Waals surface area contributed by atoms with Gasteiger partial charge < -0.3 is 9.80 Å². The fourth-order valence-corrected chi connectivity index (χ4v) is 2.35. The summed E-state index contributed by atoms with van der Waals surface area (Å²) in [5.41, 5.74) is 3.05. The van der Waals surface area contributed by atoms with E-state index in [0.29, 0.717) is 11.6 Å². The van der Waals surface area contributed by atoms with Gasteiger partial charge in [-0.15, -0.1) is 0 Å². The zero-order valence-corrected chi connectivity index (χ0v) is 12.9. The van der Waals surface area contributed by atoms with Crippen LogP contribution in [0, 0.1) is 0 Å². The minimum Gasteiger partial charge on any atom is -0.373 e. The molecule has 0 heterocycles. The van der Waals surface area contributed by atoms with Gasteiger partial charge in [-0.3, -0.25) is 4.79 Å². The smallest absolute Gasteiger partial charge is 0.150 e. The van der Waals surface area contributed by atoms with E-state index in [-0.39, 0.29) is 0 Å². The van der Waals surface area contributed by atoms with Crippen LogP contribution >= 0.6 is 0 Å². The summed E-state index contributed by atoms with van der Waals surface area (Å²) in [6.45, 7) is 3.13. The molecular formula is C18H22N2O. The Balaban J connectivity index is 2.01. The van der Waals surface area contributed by atoms with Crippen LogP contribution in [-0.2, 0) is 0 Å². The van der Waals surface area contributed by atoms with Gasteiger partial charge in [-0.1, -0.05) is 18.2 Å². The normalized spacial score (nSPS) is 11.8. The largest absolute Gasteiger partial charge is 0.373 e. The van der Waals surface area contributed by atoms with E-state index in [1.54, 1.807) is 0 Å². The van der Waals surface area contributed by atoms with Crippen LogP contribution in [0.1, 0.15) is 17.3 Å². The second kappa shape index (κ2) is 6.93. The first-order chi connectivity index (χ1) is 10.1. The van der Waals surface area contributed by atoms with Crippen molar-refractivity contribution in [3.8, 4) is 0 Å². The van der Waals surface area contributed by atoms with Crippen LogP contribution in [-0.4, -0.2) is 33.0 Å². The van der Waals surface area contributed by atoms with Crippen molar-refractivity contribution in [2.24, 2.45) is 0 Å². The van der Waals surface area contributed by atoms with E-state index in [9.17, 15) is 4.79 Å². The summed E-state index contributed by atoms with van der Waals surface area (Å²) < 4.78 is 0. The lowest BCUT2D eigenvalue weighted by atomic mass is 10.2. The Kier molecular flexibility index (Phi) is 4.99. The summed E-state index contributed by atoms with van der Waals surface area (Å²) in [5, 5.41) is 0. The van der Waals surface area contributed by atoms with Crippen LogP contribution in [0.2, 0.25) is 0 Å². The van der Waals surface area contributed by atoms with Gasteiger partial charge in [0.2, 0.25) is 0 Å². The molecule has 0 N–H and O–H groups in total. The fourth-order valence-electron chi connectivity index (χ4n) is 2.35. The number of aldehydes is 1. The van der Waals surface area contributed by atoms with Crippen LogP contribution < -0.4 is 9.80 Å². The van der Waals surface area contributed by atoms with Crippen molar-refractivity contribution in [3.05, 3.63) is 60.2 Å². The number of para-hydroxylation sites is 1. The Morgan fingerprint density at radius 2 is 1.57 bits per heavy atom. The zero-order chi connectivity index (χ0) is 15.2. The molecule has 0 saturated heterocycles. The third-order valence-corrected chi connectivity index (χ3v) is 3.83. The number of rotatable bonds is 6. The molecule has 1 atom stereocenters. The minimum atomic E-state index is 0.359. The first kappa shape index (κ1) is 15.1. The highest BCUT2D eigenvalue weighted by atomic mass is 16.1. The van der Waals surface area contributed by atoms with Crippen molar-refractivity contribution in [1.29, 1.82) is 0 Å². The first-order valence-corrected chi connectivity index (χ1v) is 7.16. The van der Waals surface area contributed by atoms with Crippen molar-refractivity contribution in [3.63, 3.8) is 0 Å². The molecule has 3 heteroatoms. The van der Waals surface area contributed by atoms with Crippen molar-refractivity contribution < 1.29 is 4.79 Å². The molecule has 2 rings (SSSR count). The van der Waals surface area contributed by atoms with E-state index in [1.807, 2.05) is 30.3 Å². The maximum Gasteiger partial charge on any atom is 0.150 e. The second-order valence-corrected chi connectivity index (χ2v) is 5.39. The van der Waals surface area contributed by atoms with Crippen LogP contribution in [0.4, 0.5) is 11.4 Å². The Bertz CT molecular complexity index is 566. The highest BCUT2D eigenvalue weighted by molar-refractivity contribution is 5.75. The Morgan fingerprint density at radius 1 is 0.952 bits per heavy atom. The molecule has 110 valence electrons. The molecule has 0 aromatic heterocycles. The fraction of sp³-hybridized carbons (Fsp3) is 0.278. The molecule has 2 aromatic rings. The van der Waals surface area contributed by atoms with E-state index in [4.69, 9.17) is 0 Å². The van der Waals surface area contributed by atoms with E-state index < -0.39 is 0 Å². The molecule has 0 spiro atoms. The van der Waals surface area contributed by atoms with Crippen molar-refractivity contribution in [2.45, 2.75) is 13.0 Å². The maximum absolute atomic E-state index is 10.7. The van der Waals surface area contributed by atoms with E-state index in [2.05, 4.69) is 55.1 Å². The van der Waals surface area contributed by atoms with Crippen LogP contribution in [0.3, 0.4) is 0 Å². The molecule has 0 bridgehead atoms. The number of anilines is 2. The van der Waals surface area contributed by atoms with Gasteiger partial charge in [0.15, 0.2) is 0 Å². The standard InChI is InChI=1S/C18H22N2O/c1-15(13-19(2)17-7-5-4-6-8-17)20(3)18-11-9-16(14-21)10-12-18/h4-12,14-15H,13H2,1-3H3. The summed E-state index contributed by atoms with van der Waals surface area (Å²) in [6, 6.07) is 18.4. The summed E-state index contributed by atoms with van der Waals surface area (Å²) >= 11 is 0. The summed E-state index contributed by atoms with van der Waals surface area (Å²) in [6.07, 6.45) is 0.871. The number of likely N-dealkylation sites (N-methyl/N-ethyl adjacent to an activating group) is 2. The molecule has 0 aliphatic carbocycles. The topological polar surface area (TPSA) is 23.6 Å². The van der Waals surface area contributed by atoms with Crippen molar-refractivity contribution in [2.75, 3.05) is 30.4 Å². The average molecular weight is 282 g/mol. The molecule has 0 saturated carbocycles. The van der Waals surface area contributed by atoms with Crippen LogP contribution in [0.15, 0.2) is 54.6 Å². The molecule has 0 radical (unpaired) electrons. The van der Waals surface area contributed by atoms with Gasteiger partial charge in [-0.25, -0.2) is 0 Å². The molecule has 0 aliphatic rings. The van der Waals surface area contributed by atoms with Crippen molar-refractivity contribution >= 4 is 17.7 Å². The van der Waals surface area contributed by atoms with Gasteiger partial charge in [-0.05, 0) is 43.3 Å². The van der Waals surface area contributed by atoms with Gasteiger partial charge in [0.1, 0.15) is 6.29 Å². The molecule has 3 nitrogen and oxygen atoms in total. The maximum atomic E-state index is 10.7. The minimum absolute atomic E-state index is 0.359. The zero-order valence-electron chi connectivity index (χ0n) is 12.9. The quantitative estimate of drug-likeness (QED) is 0.758. The van der Waals surface area contributed by atoms with Crippen LogP contribution in [0.5, 0.6) is 0 Å². The SMILES string of the molecule is CC(CN(C)c1ccccc1)N(C)c1ccc(C=O)cc1. The highest BCUT2D eigenvalue weighted by Gasteiger charge is 2.12. The summed E-state index contributed by atoms with van der Waals surface area (Å²) in [4.78, 5) is 15.2. The Morgan fingerprint density at radius 3 is 2.14 bits per heavy atom. The lowest BCUT2D eigenvalue weighted by Crippen LogP contribution is -2.39. The molecule has 21 heavy (non-hydrogen) atoms. The molecule has 0 amide bonds. The predicted molar refractivity (Wildman–Crippen MR) is 89.4 cm³/mol. The third-order valence-electron chi connectivity index (χ3n) is 3.83. The lowest BCUT2D eigenvalue weighted by molar-refractivity contribution is 0.112. The van der Waals surface area contributed by atoms with Gasteiger partial charge in [0, 0.05) is 43.6 Å². The molecule has 1 unspecified atom stereocenters. The number of hydrogen-bond acceptors (Lipinski definition) is 3. The monoisotopic (exact) mass is 282 g/mol. The third kappa shape index (κ3) is 3.85. The number of carbonyl (C=O) groups is 1. The van der Waals surface area contributed by atoms with Gasteiger partial charge in [-0.2, -0.15) is 0 Å². The highest BCUT2D eigenvalue weighted by Crippen LogP contribution is 2.18. The van der Waals surface area contributed by atoms with Gasteiger partial charge in [0.25, 0.3) is 0 Å². The van der Waals surface area contributed by atoms with E-state index >= 15 is 0 Å². The molecule has 2 aromatic carbocycles. The van der Waals surface area contributed by atoms with E-state index in [1.165, 1.54) is 5.69 Å². The Hall–Kier alpha value is -2.29. The second-order valence-electron chi connectivity index (χ2n) is 5.39. The number of hydrogen-bond donors (Lipinski definition) is 0.